The normalized spacial score (nSPS) is 12.0. The number of nitrogens with one attached hydrogen (secondary N) is 1. The number of carboxylic acid groups (broad SMARTS) is 1. The summed E-state index contributed by atoms with van der Waals surface area (Å²) in [5.74, 6) is -1.69. The lowest BCUT2D eigenvalue weighted by molar-refractivity contribution is -0.138. The van der Waals surface area contributed by atoms with Gasteiger partial charge in [0, 0.05) is 5.02 Å². The minimum atomic E-state index is -1.12. The third-order valence-corrected chi connectivity index (χ3v) is 3.32. The zero-order valence-electron chi connectivity index (χ0n) is 12.1. The number of amides is 1. The van der Waals surface area contributed by atoms with Crippen LogP contribution in [0.4, 0.5) is 0 Å². The SMILES string of the molecule is CCc1c(C(=O)NC(C)C(=O)O)nnn1-c1cccc(Cl)c1. The van der Waals surface area contributed by atoms with E-state index in [1.165, 1.54) is 11.6 Å². The van der Waals surface area contributed by atoms with Gasteiger partial charge in [-0.2, -0.15) is 0 Å². The van der Waals surface area contributed by atoms with Crippen LogP contribution in [-0.4, -0.2) is 38.0 Å². The number of hydrogen-bond acceptors (Lipinski definition) is 4. The number of carbonyl (C=O) groups excluding carboxylic acids is 1. The monoisotopic (exact) mass is 322 g/mol. The van der Waals surface area contributed by atoms with Crippen molar-refractivity contribution >= 4 is 23.5 Å². The van der Waals surface area contributed by atoms with E-state index in [9.17, 15) is 9.59 Å². The van der Waals surface area contributed by atoms with Crippen molar-refractivity contribution in [2.45, 2.75) is 26.3 Å². The highest BCUT2D eigenvalue weighted by Crippen LogP contribution is 2.17. The van der Waals surface area contributed by atoms with Gasteiger partial charge in [-0.25, -0.2) is 4.68 Å². The molecule has 0 bridgehead atoms. The number of carboxylic acids is 1. The molecule has 2 rings (SSSR count). The maximum absolute atomic E-state index is 12.1. The number of benzene rings is 1. The summed E-state index contributed by atoms with van der Waals surface area (Å²) in [5.41, 5.74) is 1.37. The third kappa shape index (κ3) is 3.25. The van der Waals surface area contributed by atoms with Crippen LogP contribution in [0.15, 0.2) is 24.3 Å². The molecule has 0 radical (unpaired) electrons. The molecule has 8 heteroatoms. The molecule has 22 heavy (non-hydrogen) atoms. The summed E-state index contributed by atoms with van der Waals surface area (Å²) in [5, 5.41) is 19.6. The summed E-state index contributed by atoms with van der Waals surface area (Å²) in [6.45, 7) is 3.24. The van der Waals surface area contributed by atoms with Crippen LogP contribution in [0, 0.1) is 0 Å². The number of nitrogens with zero attached hydrogens (tertiary/aromatic N) is 3. The van der Waals surface area contributed by atoms with Crippen molar-refractivity contribution in [3.8, 4) is 5.69 Å². The predicted octanol–water partition coefficient (Wildman–Crippen LogP) is 1.69. The van der Waals surface area contributed by atoms with Gasteiger partial charge in [-0.05, 0) is 31.5 Å². The first-order valence-corrected chi connectivity index (χ1v) is 7.06. The molecule has 1 aromatic heterocycles. The van der Waals surface area contributed by atoms with E-state index in [4.69, 9.17) is 16.7 Å². The molecule has 0 saturated carbocycles. The molecule has 1 atom stereocenters. The highest BCUT2D eigenvalue weighted by molar-refractivity contribution is 6.30. The van der Waals surface area contributed by atoms with E-state index < -0.39 is 17.9 Å². The summed E-state index contributed by atoms with van der Waals surface area (Å²) in [6, 6.07) is 5.99. The molecule has 0 saturated heterocycles. The standard InChI is InChI=1S/C14H15ClN4O3/c1-3-11-12(13(20)16-8(2)14(21)22)17-18-19(11)10-6-4-5-9(15)7-10/h4-8H,3H2,1-2H3,(H,16,20)(H,21,22). The largest absolute Gasteiger partial charge is 0.480 e. The first-order valence-electron chi connectivity index (χ1n) is 6.68. The molecular formula is C14H15ClN4O3. The Morgan fingerprint density at radius 2 is 2.18 bits per heavy atom. The van der Waals surface area contributed by atoms with Gasteiger partial charge in [-0.3, -0.25) is 9.59 Å². The highest BCUT2D eigenvalue weighted by atomic mass is 35.5. The van der Waals surface area contributed by atoms with Gasteiger partial charge in [0.05, 0.1) is 11.4 Å². The van der Waals surface area contributed by atoms with E-state index in [1.54, 1.807) is 24.3 Å². The van der Waals surface area contributed by atoms with E-state index in [2.05, 4.69) is 15.6 Å². The summed E-state index contributed by atoms with van der Waals surface area (Å²) >= 11 is 5.96. The second-order valence-electron chi connectivity index (χ2n) is 4.66. The average Bonchev–Trinajstić information content (AvgIpc) is 2.90. The number of rotatable bonds is 5. The molecule has 1 unspecified atom stereocenters. The van der Waals surface area contributed by atoms with Crippen molar-refractivity contribution in [2.75, 3.05) is 0 Å². The molecule has 1 aromatic carbocycles. The molecule has 0 fully saturated rings. The first-order chi connectivity index (χ1) is 10.4. The van der Waals surface area contributed by atoms with Crippen molar-refractivity contribution in [3.63, 3.8) is 0 Å². The Hall–Kier alpha value is -2.41. The predicted molar refractivity (Wildman–Crippen MR) is 80.3 cm³/mol. The van der Waals surface area contributed by atoms with Gasteiger partial charge in [-0.15, -0.1) is 5.10 Å². The van der Waals surface area contributed by atoms with Gasteiger partial charge in [0.15, 0.2) is 5.69 Å². The van der Waals surface area contributed by atoms with Crippen molar-refractivity contribution in [3.05, 3.63) is 40.7 Å². The van der Waals surface area contributed by atoms with Crippen LogP contribution in [0.3, 0.4) is 0 Å². The van der Waals surface area contributed by atoms with Gasteiger partial charge in [0.2, 0.25) is 0 Å². The van der Waals surface area contributed by atoms with Gasteiger partial charge >= 0.3 is 5.97 Å². The minimum Gasteiger partial charge on any atom is -0.480 e. The molecule has 7 nitrogen and oxygen atoms in total. The van der Waals surface area contributed by atoms with Crippen LogP contribution < -0.4 is 5.32 Å². The molecular weight excluding hydrogens is 308 g/mol. The van der Waals surface area contributed by atoms with E-state index >= 15 is 0 Å². The molecule has 2 aromatic rings. The maximum atomic E-state index is 12.1. The average molecular weight is 323 g/mol. The quantitative estimate of drug-likeness (QED) is 0.873. The topological polar surface area (TPSA) is 97.1 Å². The van der Waals surface area contributed by atoms with E-state index in [0.717, 1.165) is 0 Å². The van der Waals surface area contributed by atoms with Crippen LogP contribution in [0.5, 0.6) is 0 Å². The van der Waals surface area contributed by atoms with Crippen LogP contribution in [-0.2, 0) is 11.2 Å². The lowest BCUT2D eigenvalue weighted by atomic mass is 10.2. The van der Waals surface area contributed by atoms with Crippen LogP contribution in [0.25, 0.3) is 5.69 Å². The van der Waals surface area contributed by atoms with Crippen LogP contribution in [0.2, 0.25) is 5.02 Å². The zero-order chi connectivity index (χ0) is 16.3. The Bertz CT molecular complexity index is 714. The lowest BCUT2D eigenvalue weighted by Crippen LogP contribution is -2.38. The Labute approximate surface area is 131 Å². The van der Waals surface area contributed by atoms with Crippen molar-refractivity contribution in [2.24, 2.45) is 0 Å². The molecule has 0 aliphatic carbocycles. The Morgan fingerprint density at radius 3 is 2.77 bits per heavy atom. The van der Waals surface area contributed by atoms with Gasteiger partial charge in [0.25, 0.3) is 5.91 Å². The summed E-state index contributed by atoms with van der Waals surface area (Å²) in [4.78, 5) is 22.9. The van der Waals surface area contributed by atoms with E-state index in [0.29, 0.717) is 22.8 Å². The second-order valence-corrected chi connectivity index (χ2v) is 5.10. The van der Waals surface area contributed by atoms with Crippen molar-refractivity contribution < 1.29 is 14.7 Å². The Balaban J connectivity index is 2.35. The minimum absolute atomic E-state index is 0.107. The molecule has 0 aliphatic heterocycles. The lowest BCUT2D eigenvalue weighted by Gasteiger charge is -2.09. The molecule has 1 heterocycles. The number of halogens is 1. The zero-order valence-corrected chi connectivity index (χ0v) is 12.8. The van der Waals surface area contributed by atoms with Gasteiger partial charge in [-0.1, -0.05) is 29.8 Å². The van der Waals surface area contributed by atoms with Crippen molar-refractivity contribution in [1.82, 2.24) is 20.3 Å². The summed E-state index contributed by atoms with van der Waals surface area (Å²) < 4.78 is 1.52. The fourth-order valence-electron chi connectivity index (χ4n) is 1.94. The first kappa shape index (κ1) is 16.0. The number of carbonyl (C=O) groups is 2. The van der Waals surface area contributed by atoms with E-state index in [-0.39, 0.29) is 5.69 Å². The molecule has 2 N–H and O–H groups in total. The fraction of sp³-hybridized carbons (Fsp3) is 0.286. The third-order valence-electron chi connectivity index (χ3n) is 3.08. The summed E-state index contributed by atoms with van der Waals surface area (Å²) in [6.07, 6.45) is 0.504. The number of aromatic nitrogens is 3. The van der Waals surface area contributed by atoms with Crippen LogP contribution in [0.1, 0.15) is 30.0 Å². The number of aliphatic carboxylic acids is 1. The highest BCUT2D eigenvalue weighted by Gasteiger charge is 2.22. The smallest absolute Gasteiger partial charge is 0.325 e. The second kappa shape index (κ2) is 6.57. The Morgan fingerprint density at radius 1 is 1.45 bits per heavy atom. The Kier molecular flexibility index (Phi) is 4.77. The molecule has 0 aliphatic rings. The van der Waals surface area contributed by atoms with Crippen molar-refractivity contribution in [1.29, 1.82) is 0 Å². The molecule has 116 valence electrons. The molecule has 1 amide bonds. The van der Waals surface area contributed by atoms with Gasteiger partial charge in [0.1, 0.15) is 6.04 Å². The fourth-order valence-corrected chi connectivity index (χ4v) is 2.12. The maximum Gasteiger partial charge on any atom is 0.325 e. The molecule has 0 spiro atoms. The van der Waals surface area contributed by atoms with Gasteiger partial charge < -0.3 is 10.4 Å². The number of hydrogen-bond donors (Lipinski definition) is 2. The summed E-state index contributed by atoms with van der Waals surface area (Å²) in [7, 11) is 0. The van der Waals surface area contributed by atoms with E-state index in [1.807, 2.05) is 6.92 Å². The van der Waals surface area contributed by atoms with Crippen LogP contribution >= 0.6 is 11.6 Å².